The Labute approximate surface area is 111 Å². The summed E-state index contributed by atoms with van der Waals surface area (Å²) in [6.45, 7) is 2.95. The molecule has 1 fully saturated rings. The number of alkyl halides is 2. The van der Waals surface area contributed by atoms with Crippen molar-refractivity contribution in [2.24, 2.45) is 5.92 Å². The van der Waals surface area contributed by atoms with Crippen LogP contribution < -0.4 is 5.32 Å². The van der Waals surface area contributed by atoms with E-state index >= 15 is 0 Å². The lowest BCUT2D eigenvalue weighted by Gasteiger charge is -2.16. The van der Waals surface area contributed by atoms with E-state index in [4.69, 9.17) is 4.42 Å². The molecule has 0 amide bonds. The van der Waals surface area contributed by atoms with E-state index in [9.17, 15) is 8.78 Å². The minimum Gasteiger partial charge on any atom is -0.464 e. The largest absolute Gasteiger partial charge is 0.464 e. The molecular weight excluding hydrogens is 256 g/mol. The van der Waals surface area contributed by atoms with Crippen molar-refractivity contribution in [1.29, 1.82) is 0 Å². The van der Waals surface area contributed by atoms with Gasteiger partial charge in [-0.2, -0.15) is 8.78 Å². The topological polar surface area (TPSA) is 25.2 Å². The van der Waals surface area contributed by atoms with Gasteiger partial charge in [0, 0.05) is 6.04 Å². The summed E-state index contributed by atoms with van der Waals surface area (Å²) in [4.78, 5) is 0. The van der Waals surface area contributed by atoms with E-state index in [2.05, 4.69) is 12.2 Å². The maximum Gasteiger partial charge on any atom is 0.284 e. The molecule has 0 bridgehead atoms. The highest BCUT2D eigenvalue weighted by Crippen LogP contribution is 2.25. The highest BCUT2D eigenvalue weighted by Gasteiger charge is 2.22. The summed E-state index contributed by atoms with van der Waals surface area (Å²) in [7, 11) is 0. The van der Waals surface area contributed by atoms with E-state index in [1.54, 1.807) is 6.07 Å². The normalized spacial score (nSPS) is 24.0. The average Bonchev–Trinajstić information content (AvgIpc) is 2.93. The standard InChI is InChI=1S/C13H19F2NOS/c1-9-3-2-4-12(9)16-7-10-5-6-11(17-10)8-18-13(14)15/h5-6,9,12-13,16H,2-4,7-8H2,1H3. The molecule has 1 aliphatic carbocycles. The summed E-state index contributed by atoms with van der Waals surface area (Å²) in [6, 6.07) is 4.22. The first-order chi connectivity index (χ1) is 8.65. The van der Waals surface area contributed by atoms with Crippen molar-refractivity contribution in [3.8, 4) is 0 Å². The number of rotatable bonds is 6. The van der Waals surface area contributed by atoms with Gasteiger partial charge in [-0.1, -0.05) is 25.1 Å². The number of hydrogen-bond acceptors (Lipinski definition) is 3. The SMILES string of the molecule is CC1CCCC1NCc1ccc(CSC(F)F)o1. The Morgan fingerprint density at radius 3 is 2.83 bits per heavy atom. The van der Waals surface area contributed by atoms with Crippen LogP contribution in [0.5, 0.6) is 0 Å². The van der Waals surface area contributed by atoms with Gasteiger partial charge in [0.15, 0.2) is 0 Å². The van der Waals surface area contributed by atoms with Gasteiger partial charge in [0.25, 0.3) is 5.76 Å². The van der Waals surface area contributed by atoms with E-state index in [1.165, 1.54) is 19.3 Å². The Morgan fingerprint density at radius 2 is 2.17 bits per heavy atom. The van der Waals surface area contributed by atoms with Crippen molar-refractivity contribution in [2.75, 3.05) is 0 Å². The van der Waals surface area contributed by atoms with Crippen LogP contribution in [0, 0.1) is 5.92 Å². The molecule has 0 aromatic carbocycles. The fourth-order valence-electron chi connectivity index (χ4n) is 2.42. The molecule has 2 atom stereocenters. The molecule has 1 aromatic rings. The molecule has 102 valence electrons. The Balaban J connectivity index is 1.76. The zero-order chi connectivity index (χ0) is 13.0. The third-order valence-electron chi connectivity index (χ3n) is 3.47. The molecule has 1 aromatic heterocycles. The van der Waals surface area contributed by atoms with Crippen LogP contribution in [0.25, 0.3) is 0 Å². The van der Waals surface area contributed by atoms with Crippen LogP contribution >= 0.6 is 11.8 Å². The van der Waals surface area contributed by atoms with Crippen LogP contribution in [0.2, 0.25) is 0 Å². The van der Waals surface area contributed by atoms with Gasteiger partial charge in [0.2, 0.25) is 0 Å². The molecule has 2 rings (SSSR count). The molecule has 2 nitrogen and oxygen atoms in total. The fraction of sp³-hybridized carbons (Fsp3) is 0.692. The molecule has 1 saturated carbocycles. The molecule has 0 spiro atoms. The summed E-state index contributed by atoms with van der Waals surface area (Å²) >= 11 is 0.594. The van der Waals surface area contributed by atoms with Crippen LogP contribution in [0.15, 0.2) is 16.5 Å². The van der Waals surface area contributed by atoms with E-state index < -0.39 is 5.76 Å². The second-order valence-electron chi connectivity index (χ2n) is 4.84. The lowest BCUT2D eigenvalue weighted by atomic mass is 10.1. The van der Waals surface area contributed by atoms with Crippen LogP contribution in [0.4, 0.5) is 8.78 Å². The van der Waals surface area contributed by atoms with Crippen LogP contribution in [-0.4, -0.2) is 11.8 Å². The van der Waals surface area contributed by atoms with Gasteiger partial charge in [-0.05, 0) is 30.9 Å². The predicted octanol–water partition coefficient (Wildman–Crippen LogP) is 4.01. The lowest BCUT2D eigenvalue weighted by molar-refractivity contribution is 0.251. The smallest absolute Gasteiger partial charge is 0.284 e. The van der Waals surface area contributed by atoms with Gasteiger partial charge in [0.1, 0.15) is 11.5 Å². The Morgan fingerprint density at radius 1 is 1.39 bits per heavy atom. The summed E-state index contributed by atoms with van der Waals surface area (Å²) in [5.41, 5.74) is 0. The molecule has 0 saturated heterocycles. The van der Waals surface area contributed by atoms with Gasteiger partial charge in [-0.3, -0.25) is 0 Å². The molecular formula is C13H19F2NOS. The second-order valence-corrected chi connectivity index (χ2v) is 5.81. The number of halogens is 2. The molecule has 2 unspecified atom stereocenters. The van der Waals surface area contributed by atoms with Gasteiger partial charge < -0.3 is 9.73 Å². The van der Waals surface area contributed by atoms with Crippen molar-refractivity contribution >= 4 is 11.8 Å². The highest BCUT2D eigenvalue weighted by molar-refractivity contribution is 7.98. The first kappa shape index (κ1) is 13.9. The van der Waals surface area contributed by atoms with Crippen LogP contribution in [0.1, 0.15) is 37.7 Å². The maximum absolute atomic E-state index is 12.0. The molecule has 1 heterocycles. The average molecular weight is 275 g/mol. The van der Waals surface area contributed by atoms with Crippen molar-refractivity contribution in [3.05, 3.63) is 23.7 Å². The Hall–Kier alpha value is -0.550. The monoisotopic (exact) mass is 275 g/mol. The number of hydrogen-bond donors (Lipinski definition) is 1. The number of thioether (sulfide) groups is 1. The summed E-state index contributed by atoms with van der Waals surface area (Å²) in [5, 5.41) is 3.48. The quantitative estimate of drug-likeness (QED) is 0.849. The molecule has 0 radical (unpaired) electrons. The van der Waals surface area contributed by atoms with Crippen LogP contribution in [-0.2, 0) is 12.3 Å². The van der Waals surface area contributed by atoms with Crippen molar-refractivity contribution in [1.82, 2.24) is 5.32 Å². The van der Waals surface area contributed by atoms with E-state index in [0.29, 0.717) is 36.0 Å². The highest BCUT2D eigenvalue weighted by atomic mass is 32.2. The fourth-order valence-corrected chi connectivity index (χ4v) is 2.87. The zero-order valence-electron chi connectivity index (χ0n) is 10.5. The van der Waals surface area contributed by atoms with Gasteiger partial charge >= 0.3 is 0 Å². The minimum atomic E-state index is -2.34. The second kappa shape index (κ2) is 6.57. The lowest BCUT2D eigenvalue weighted by Crippen LogP contribution is -2.30. The third-order valence-corrected chi connectivity index (χ3v) is 4.17. The van der Waals surface area contributed by atoms with Gasteiger partial charge in [-0.15, -0.1) is 0 Å². The van der Waals surface area contributed by atoms with E-state index in [0.717, 1.165) is 5.76 Å². The van der Waals surface area contributed by atoms with Gasteiger partial charge in [0.05, 0.1) is 12.3 Å². The molecule has 1 N–H and O–H groups in total. The molecule has 0 aliphatic heterocycles. The minimum absolute atomic E-state index is 0.234. The van der Waals surface area contributed by atoms with Crippen molar-refractivity contribution in [2.45, 2.75) is 50.3 Å². The summed E-state index contributed by atoms with van der Waals surface area (Å²) in [6.07, 6.45) is 3.79. The Bertz CT molecular complexity index is 370. The third kappa shape index (κ3) is 3.99. The van der Waals surface area contributed by atoms with Gasteiger partial charge in [-0.25, -0.2) is 0 Å². The molecule has 1 aliphatic rings. The first-order valence-electron chi connectivity index (χ1n) is 6.36. The molecule has 18 heavy (non-hydrogen) atoms. The van der Waals surface area contributed by atoms with Crippen LogP contribution in [0.3, 0.4) is 0 Å². The van der Waals surface area contributed by atoms with E-state index in [-0.39, 0.29) is 5.75 Å². The predicted molar refractivity (Wildman–Crippen MR) is 69.6 cm³/mol. The molecule has 5 heteroatoms. The Kier molecular flexibility index (Phi) is 5.06. The van der Waals surface area contributed by atoms with E-state index in [1.807, 2.05) is 6.07 Å². The first-order valence-corrected chi connectivity index (χ1v) is 7.41. The number of nitrogens with one attached hydrogen (secondary N) is 1. The summed E-state index contributed by atoms with van der Waals surface area (Å²) in [5.74, 6) is 0.0673. The van der Waals surface area contributed by atoms with Crippen molar-refractivity contribution in [3.63, 3.8) is 0 Å². The zero-order valence-corrected chi connectivity index (χ0v) is 11.3. The maximum atomic E-state index is 12.0. The van der Waals surface area contributed by atoms with Crippen molar-refractivity contribution < 1.29 is 13.2 Å². The number of furan rings is 1. The summed E-state index contributed by atoms with van der Waals surface area (Å²) < 4.78 is 29.6.